The van der Waals surface area contributed by atoms with Gasteiger partial charge in [0, 0.05) is 5.56 Å². The zero-order chi connectivity index (χ0) is 11.6. The summed E-state index contributed by atoms with van der Waals surface area (Å²) in [5, 5.41) is 9.86. The van der Waals surface area contributed by atoms with Gasteiger partial charge in [0.15, 0.2) is 11.6 Å². The first-order valence-electron chi connectivity index (χ1n) is 5.07. The van der Waals surface area contributed by atoms with Crippen LogP contribution in [0.3, 0.4) is 0 Å². The second kappa shape index (κ2) is 4.71. The van der Waals surface area contributed by atoms with E-state index >= 15 is 0 Å². The number of hydrogen-bond donors (Lipinski definition) is 1. The van der Waals surface area contributed by atoms with Gasteiger partial charge in [-0.3, -0.25) is 0 Å². The van der Waals surface area contributed by atoms with Gasteiger partial charge in [0.1, 0.15) is 0 Å². The summed E-state index contributed by atoms with van der Waals surface area (Å²) in [4.78, 5) is 0. The van der Waals surface area contributed by atoms with Crippen molar-refractivity contribution in [3.05, 3.63) is 35.4 Å². The lowest BCUT2D eigenvalue weighted by atomic mass is 9.88. The van der Waals surface area contributed by atoms with E-state index in [-0.39, 0.29) is 17.4 Å². The Morgan fingerprint density at radius 3 is 2.27 bits per heavy atom. The molecule has 1 nitrogen and oxygen atoms in total. The average molecular weight is 214 g/mol. The normalized spacial score (nSPS) is 15.4. The second-order valence-electron chi connectivity index (χ2n) is 4.19. The molecule has 1 rings (SSSR count). The van der Waals surface area contributed by atoms with Gasteiger partial charge in [-0.25, -0.2) is 8.78 Å². The van der Waals surface area contributed by atoms with E-state index in [2.05, 4.69) is 0 Å². The summed E-state index contributed by atoms with van der Waals surface area (Å²) in [7, 11) is 0. The highest BCUT2D eigenvalue weighted by Gasteiger charge is 2.23. The zero-order valence-corrected chi connectivity index (χ0v) is 9.17. The molecule has 1 aromatic carbocycles. The molecule has 0 aliphatic rings. The summed E-state index contributed by atoms with van der Waals surface area (Å²) in [6, 6.07) is 3.87. The molecule has 0 fully saturated rings. The lowest BCUT2D eigenvalue weighted by Gasteiger charge is -2.22. The molecule has 0 aliphatic carbocycles. The predicted octanol–water partition coefficient (Wildman–Crippen LogP) is 3.29. The molecule has 0 bridgehead atoms. The molecule has 1 aromatic rings. The van der Waals surface area contributed by atoms with Gasteiger partial charge in [-0.2, -0.15) is 0 Å². The van der Waals surface area contributed by atoms with Crippen LogP contribution < -0.4 is 0 Å². The van der Waals surface area contributed by atoms with Crippen LogP contribution in [-0.2, 0) is 0 Å². The topological polar surface area (TPSA) is 20.2 Å². The van der Waals surface area contributed by atoms with E-state index in [0.717, 1.165) is 6.07 Å². The van der Waals surface area contributed by atoms with E-state index in [4.69, 9.17) is 0 Å². The molecule has 84 valence electrons. The van der Waals surface area contributed by atoms with E-state index in [1.807, 2.05) is 20.8 Å². The molecule has 2 unspecified atom stereocenters. The first kappa shape index (κ1) is 12.1. The molecule has 0 spiro atoms. The first-order valence-corrected chi connectivity index (χ1v) is 5.07. The van der Waals surface area contributed by atoms with Crippen molar-refractivity contribution in [2.75, 3.05) is 0 Å². The van der Waals surface area contributed by atoms with Gasteiger partial charge in [-0.15, -0.1) is 0 Å². The molecule has 0 heterocycles. The van der Waals surface area contributed by atoms with Crippen molar-refractivity contribution in [3.8, 4) is 0 Å². The summed E-state index contributed by atoms with van der Waals surface area (Å²) >= 11 is 0. The fourth-order valence-electron chi connectivity index (χ4n) is 1.40. The first-order chi connectivity index (χ1) is 6.95. The Hall–Kier alpha value is -0.960. The van der Waals surface area contributed by atoms with Crippen LogP contribution in [0.4, 0.5) is 8.78 Å². The molecule has 2 atom stereocenters. The van der Waals surface area contributed by atoms with Crippen LogP contribution in [-0.4, -0.2) is 5.11 Å². The molecule has 0 amide bonds. The van der Waals surface area contributed by atoms with Gasteiger partial charge in [0.25, 0.3) is 0 Å². The van der Waals surface area contributed by atoms with E-state index in [1.54, 1.807) is 0 Å². The maximum absolute atomic E-state index is 13.3. The van der Waals surface area contributed by atoms with E-state index in [1.165, 1.54) is 12.1 Å². The van der Waals surface area contributed by atoms with Gasteiger partial charge >= 0.3 is 0 Å². The van der Waals surface area contributed by atoms with Crippen molar-refractivity contribution >= 4 is 0 Å². The van der Waals surface area contributed by atoms with Crippen molar-refractivity contribution in [3.63, 3.8) is 0 Å². The van der Waals surface area contributed by atoms with Crippen LogP contribution in [0.15, 0.2) is 18.2 Å². The van der Waals surface area contributed by atoms with Crippen molar-refractivity contribution in [1.29, 1.82) is 0 Å². The van der Waals surface area contributed by atoms with Crippen molar-refractivity contribution in [1.82, 2.24) is 0 Å². The van der Waals surface area contributed by atoms with Crippen LogP contribution in [0.25, 0.3) is 0 Å². The molecular weight excluding hydrogens is 198 g/mol. The molecule has 0 saturated carbocycles. The minimum absolute atomic E-state index is 0.0381. The fraction of sp³-hybridized carbons (Fsp3) is 0.500. The quantitative estimate of drug-likeness (QED) is 0.818. The summed E-state index contributed by atoms with van der Waals surface area (Å²) < 4.78 is 26.3. The SMILES string of the molecule is CC(C)C(C)C(O)c1cccc(F)c1F. The van der Waals surface area contributed by atoms with E-state index < -0.39 is 17.7 Å². The third-order valence-corrected chi connectivity index (χ3v) is 2.85. The Labute approximate surface area is 88.7 Å². The van der Waals surface area contributed by atoms with Crippen LogP contribution in [0.2, 0.25) is 0 Å². The Kier molecular flexibility index (Phi) is 3.80. The standard InChI is InChI=1S/C12H16F2O/c1-7(2)8(3)12(15)9-5-4-6-10(13)11(9)14/h4-8,12,15H,1-3H3. The number of halogens is 2. The number of benzene rings is 1. The third-order valence-electron chi connectivity index (χ3n) is 2.85. The second-order valence-corrected chi connectivity index (χ2v) is 4.19. The van der Waals surface area contributed by atoms with Crippen LogP contribution in [0.1, 0.15) is 32.4 Å². The summed E-state index contributed by atoms with van der Waals surface area (Å²) in [6.45, 7) is 5.69. The summed E-state index contributed by atoms with van der Waals surface area (Å²) in [5.41, 5.74) is 0.0381. The maximum Gasteiger partial charge on any atom is 0.164 e. The highest BCUT2D eigenvalue weighted by Crippen LogP contribution is 2.29. The van der Waals surface area contributed by atoms with Gasteiger partial charge in [0.05, 0.1) is 6.10 Å². The molecular formula is C12H16F2O. The Morgan fingerprint density at radius 2 is 1.73 bits per heavy atom. The van der Waals surface area contributed by atoms with Gasteiger partial charge in [-0.1, -0.05) is 32.9 Å². The lowest BCUT2D eigenvalue weighted by molar-refractivity contribution is 0.0880. The van der Waals surface area contributed by atoms with Crippen LogP contribution >= 0.6 is 0 Å². The summed E-state index contributed by atoms with van der Waals surface area (Å²) in [6.07, 6.45) is -0.958. The number of hydrogen-bond acceptors (Lipinski definition) is 1. The molecule has 0 aromatic heterocycles. The predicted molar refractivity (Wildman–Crippen MR) is 55.3 cm³/mol. The molecule has 1 N–H and O–H groups in total. The van der Waals surface area contributed by atoms with Gasteiger partial charge in [0.2, 0.25) is 0 Å². The largest absolute Gasteiger partial charge is 0.388 e. The molecule has 15 heavy (non-hydrogen) atoms. The number of rotatable bonds is 3. The van der Waals surface area contributed by atoms with Crippen molar-refractivity contribution < 1.29 is 13.9 Å². The third kappa shape index (κ3) is 2.53. The molecule has 0 aliphatic heterocycles. The smallest absolute Gasteiger partial charge is 0.164 e. The highest BCUT2D eigenvalue weighted by atomic mass is 19.2. The van der Waals surface area contributed by atoms with Crippen molar-refractivity contribution in [2.24, 2.45) is 11.8 Å². The molecule has 0 radical (unpaired) electrons. The minimum atomic E-state index is -0.958. The Bertz CT molecular complexity index is 336. The molecule has 0 saturated heterocycles. The molecule has 3 heteroatoms. The van der Waals surface area contributed by atoms with Gasteiger partial charge in [-0.05, 0) is 17.9 Å². The van der Waals surface area contributed by atoms with Crippen LogP contribution in [0, 0.1) is 23.5 Å². The Morgan fingerprint density at radius 1 is 1.13 bits per heavy atom. The number of aliphatic hydroxyl groups excluding tert-OH is 1. The summed E-state index contributed by atoms with van der Waals surface area (Å²) in [5.74, 6) is -1.76. The van der Waals surface area contributed by atoms with E-state index in [9.17, 15) is 13.9 Å². The lowest BCUT2D eigenvalue weighted by Crippen LogP contribution is -2.16. The van der Waals surface area contributed by atoms with Gasteiger partial charge < -0.3 is 5.11 Å². The van der Waals surface area contributed by atoms with Crippen molar-refractivity contribution in [2.45, 2.75) is 26.9 Å². The zero-order valence-electron chi connectivity index (χ0n) is 9.17. The Balaban J connectivity index is 3.01. The minimum Gasteiger partial charge on any atom is -0.388 e. The monoisotopic (exact) mass is 214 g/mol. The number of aliphatic hydroxyl groups is 1. The maximum atomic E-state index is 13.3. The van der Waals surface area contributed by atoms with Crippen LogP contribution in [0.5, 0.6) is 0 Å². The highest BCUT2D eigenvalue weighted by molar-refractivity contribution is 5.21. The fourth-order valence-corrected chi connectivity index (χ4v) is 1.40. The average Bonchev–Trinajstić information content (AvgIpc) is 2.20. The van der Waals surface area contributed by atoms with E-state index in [0.29, 0.717) is 0 Å².